The summed E-state index contributed by atoms with van der Waals surface area (Å²) in [6.45, 7) is 0.874. The van der Waals surface area contributed by atoms with Crippen molar-refractivity contribution in [3.63, 3.8) is 0 Å². The predicted molar refractivity (Wildman–Crippen MR) is 46.4 cm³/mol. The van der Waals surface area contributed by atoms with Crippen LogP contribution in [0.15, 0.2) is 23.8 Å². The molecule has 0 saturated heterocycles. The third kappa shape index (κ3) is 2.48. The summed E-state index contributed by atoms with van der Waals surface area (Å²) in [4.78, 5) is 0. The average molecular weight is 153 g/mol. The van der Waals surface area contributed by atoms with Gasteiger partial charge in [0.15, 0.2) is 0 Å². The maximum atomic E-state index is 9.53. The van der Waals surface area contributed by atoms with Crippen LogP contribution in [0, 0.1) is 0 Å². The van der Waals surface area contributed by atoms with Crippen LogP contribution in [-0.4, -0.2) is 24.8 Å². The fourth-order valence-corrected chi connectivity index (χ4v) is 1.18. The molecular weight excluding hydrogens is 138 g/mol. The van der Waals surface area contributed by atoms with Gasteiger partial charge >= 0.3 is 0 Å². The van der Waals surface area contributed by atoms with Gasteiger partial charge in [-0.15, -0.1) is 0 Å². The fraction of sp³-hybridized carbons (Fsp3) is 0.556. The lowest BCUT2D eigenvalue weighted by Gasteiger charge is -2.10. The first kappa shape index (κ1) is 8.50. The number of aliphatic hydroxyl groups excluding tert-OH is 1. The SMILES string of the molecule is CNCC[C@H](O)C1=CC=CC1. The highest BCUT2D eigenvalue weighted by molar-refractivity contribution is 5.25. The van der Waals surface area contributed by atoms with Gasteiger partial charge in [-0.3, -0.25) is 0 Å². The van der Waals surface area contributed by atoms with Gasteiger partial charge in [-0.1, -0.05) is 18.2 Å². The van der Waals surface area contributed by atoms with Crippen LogP contribution in [0.2, 0.25) is 0 Å². The molecule has 62 valence electrons. The number of hydrogen-bond donors (Lipinski definition) is 2. The molecule has 0 amide bonds. The molecule has 2 heteroatoms. The molecule has 0 radical (unpaired) electrons. The number of aliphatic hydroxyl groups is 1. The summed E-state index contributed by atoms with van der Waals surface area (Å²) in [6, 6.07) is 0. The summed E-state index contributed by atoms with van der Waals surface area (Å²) in [6.07, 6.45) is 7.54. The summed E-state index contributed by atoms with van der Waals surface area (Å²) in [5.74, 6) is 0. The van der Waals surface area contributed by atoms with Crippen molar-refractivity contribution >= 4 is 0 Å². The Bertz CT molecular complexity index is 172. The minimum Gasteiger partial charge on any atom is -0.389 e. The van der Waals surface area contributed by atoms with Gasteiger partial charge in [0, 0.05) is 0 Å². The Hall–Kier alpha value is -0.600. The molecule has 2 N–H and O–H groups in total. The summed E-state index contributed by atoms with van der Waals surface area (Å²) < 4.78 is 0. The lowest BCUT2D eigenvalue weighted by molar-refractivity contribution is 0.198. The van der Waals surface area contributed by atoms with Crippen molar-refractivity contribution < 1.29 is 5.11 Å². The van der Waals surface area contributed by atoms with E-state index in [1.54, 1.807) is 0 Å². The van der Waals surface area contributed by atoms with Gasteiger partial charge in [0.05, 0.1) is 6.10 Å². The van der Waals surface area contributed by atoms with Crippen LogP contribution in [-0.2, 0) is 0 Å². The molecule has 2 nitrogen and oxygen atoms in total. The Morgan fingerprint density at radius 3 is 3.09 bits per heavy atom. The first-order chi connectivity index (χ1) is 5.34. The number of rotatable bonds is 4. The van der Waals surface area contributed by atoms with Crippen LogP contribution in [0.1, 0.15) is 12.8 Å². The second-order valence-electron chi connectivity index (χ2n) is 2.78. The molecule has 1 atom stereocenters. The van der Waals surface area contributed by atoms with Crippen molar-refractivity contribution in [2.24, 2.45) is 0 Å². The minimum absolute atomic E-state index is 0.252. The quantitative estimate of drug-likeness (QED) is 0.627. The lowest BCUT2D eigenvalue weighted by atomic mass is 10.1. The highest BCUT2D eigenvalue weighted by Crippen LogP contribution is 2.16. The number of nitrogens with one attached hydrogen (secondary N) is 1. The van der Waals surface area contributed by atoms with Gasteiger partial charge in [-0.05, 0) is 32.0 Å². The lowest BCUT2D eigenvalue weighted by Crippen LogP contribution is -2.17. The van der Waals surface area contributed by atoms with Crippen molar-refractivity contribution in [3.8, 4) is 0 Å². The highest BCUT2D eigenvalue weighted by Gasteiger charge is 2.09. The van der Waals surface area contributed by atoms with E-state index in [9.17, 15) is 5.11 Å². The fourth-order valence-electron chi connectivity index (χ4n) is 1.18. The average Bonchev–Trinajstić information content (AvgIpc) is 2.52. The first-order valence-corrected chi connectivity index (χ1v) is 4.03. The van der Waals surface area contributed by atoms with Crippen LogP contribution < -0.4 is 5.32 Å². The smallest absolute Gasteiger partial charge is 0.0768 e. The second kappa shape index (κ2) is 4.31. The topological polar surface area (TPSA) is 32.3 Å². The summed E-state index contributed by atoms with van der Waals surface area (Å²) in [5, 5.41) is 12.5. The summed E-state index contributed by atoms with van der Waals surface area (Å²) >= 11 is 0. The molecule has 0 aromatic carbocycles. The van der Waals surface area contributed by atoms with E-state index in [2.05, 4.69) is 11.4 Å². The van der Waals surface area contributed by atoms with E-state index >= 15 is 0 Å². The molecule has 0 bridgehead atoms. The molecule has 0 unspecified atom stereocenters. The van der Waals surface area contributed by atoms with Crippen LogP contribution in [0.25, 0.3) is 0 Å². The van der Waals surface area contributed by atoms with Gasteiger partial charge in [-0.2, -0.15) is 0 Å². The maximum absolute atomic E-state index is 9.53. The van der Waals surface area contributed by atoms with E-state index in [1.807, 2.05) is 19.2 Å². The van der Waals surface area contributed by atoms with Crippen molar-refractivity contribution in [3.05, 3.63) is 23.8 Å². The monoisotopic (exact) mass is 153 g/mol. The molecular formula is C9H15NO. The van der Waals surface area contributed by atoms with E-state index in [0.29, 0.717) is 0 Å². The van der Waals surface area contributed by atoms with E-state index in [1.165, 1.54) is 0 Å². The van der Waals surface area contributed by atoms with Gasteiger partial charge in [0.2, 0.25) is 0 Å². The van der Waals surface area contributed by atoms with Crippen molar-refractivity contribution in [2.45, 2.75) is 18.9 Å². The Labute approximate surface area is 67.6 Å². The normalized spacial score (nSPS) is 18.5. The van der Waals surface area contributed by atoms with Crippen LogP contribution in [0.3, 0.4) is 0 Å². The Morgan fingerprint density at radius 1 is 1.73 bits per heavy atom. The zero-order valence-electron chi connectivity index (χ0n) is 6.88. The zero-order chi connectivity index (χ0) is 8.10. The van der Waals surface area contributed by atoms with Crippen molar-refractivity contribution in [2.75, 3.05) is 13.6 Å². The molecule has 0 heterocycles. The third-order valence-electron chi connectivity index (χ3n) is 1.90. The molecule has 0 fully saturated rings. The van der Waals surface area contributed by atoms with Gasteiger partial charge in [0.1, 0.15) is 0 Å². The van der Waals surface area contributed by atoms with E-state index in [-0.39, 0.29) is 6.10 Å². The largest absolute Gasteiger partial charge is 0.389 e. The highest BCUT2D eigenvalue weighted by atomic mass is 16.3. The van der Waals surface area contributed by atoms with Gasteiger partial charge in [-0.25, -0.2) is 0 Å². The number of hydrogen-bond acceptors (Lipinski definition) is 2. The molecule has 11 heavy (non-hydrogen) atoms. The molecule has 1 aliphatic carbocycles. The molecule has 0 aromatic heterocycles. The van der Waals surface area contributed by atoms with Gasteiger partial charge in [0.25, 0.3) is 0 Å². The minimum atomic E-state index is -0.252. The van der Waals surface area contributed by atoms with Crippen LogP contribution >= 0.6 is 0 Å². The standard InChI is InChI=1S/C9H15NO/c1-10-7-6-9(11)8-4-2-3-5-8/h2-4,9-11H,5-7H2,1H3/t9-/m0/s1. The maximum Gasteiger partial charge on any atom is 0.0768 e. The summed E-state index contributed by atoms with van der Waals surface area (Å²) in [7, 11) is 1.90. The van der Waals surface area contributed by atoms with E-state index < -0.39 is 0 Å². The Balaban J connectivity index is 2.24. The molecule has 0 aromatic rings. The summed E-state index contributed by atoms with van der Waals surface area (Å²) in [5.41, 5.74) is 1.14. The Morgan fingerprint density at radius 2 is 2.55 bits per heavy atom. The zero-order valence-corrected chi connectivity index (χ0v) is 6.88. The Kier molecular flexibility index (Phi) is 3.33. The molecule has 1 rings (SSSR count). The third-order valence-corrected chi connectivity index (χ3v) is 1.90. The number of allylic oxidation sites excluding steroid dienone is 3. The molecule has 0 spiro atoms. The van der Waals surface area contributed by atoms with Crippen molar-refractivity contribution in [1.82, 2.24) is 5.32 Å². The van der Waals surface area contributed by atoms with E-state index in [4.69, 9.17) is 0 Å². The van der Waals surface area contributed by atoms with E-state index in [0.717, 1.165) is 25.0 Å². The molecule has 0 aliphatic heterocycles. The van der Waals surface area contributed by atoms with Crippen molar-refractivity contribution in [1.29, 1.82) is 0 Å². The molecule has 1 aliphatic rings. The second-order valence-corrected chi connectivity index (χ2v) is 2.78. The van der Waals surface area contributed by atoms with Gasteiger partial charge < -0.3 is 10.4 Å². The predicted octanol–water partition coefficient (Wildman–Crippen LogP) is 0.843. The first-order valence-electron chi connectivity index (χ1n) is 4.03. The van der Waals surface area contributed by atoms with Crippen LogP contribution in [0.4, 0.5) is 0 Å². The molecule has 0 saturated carbocycles. The van der Waals surface area contributed by atoms with Crippen LogP contribution in [0.5, 0.6) is 0 Å².